The molecule has 0 spiro atoms. The van der Waals surface area contributed by atoms with Crippen molar-refractivity contribution in [1.82, 2.24) is 4.98 Å². The summed E-state index contributed by atoms with van der Waals surface area (Å²) in [5, 5.41) is 12.5. The minimum Gasteiger partial charge on any atom is -0.384 e. The Balaban J connectivity index is 2.09. The highest BCUT2D eigenvalue weighted by atomic mass is 19.1. The number of aromatic nitrogens is 1. The van der Waals surface area contributed by atoms with Gasteiger partial charge in [0.15, 0.2) is 0 Å². The van der Waals surface area contributed by atoms with E-state index in [9.17, 15) is 9.65 Å². The van der Waals surface area contributed by atoms with E-state index in [1.165, 1.54) is 12.1 Å². The van der Waals surface area contributed by atoms with Gasteiger partial charge in [0.2, 0.25) is 0 Å². The first kappa shape index (κ1) is 15.0. The Kier molecular flexibility index (Phi) is 4.54. The Bertz CT molecular complexity index is 702. The first-order valence-corrected chi connectivity index (χ1v) is 6.88. The first-order chi connectivity index (χ1) is 10.0. The summed E-state index contributed by atoms with van der Waals surface area (Å²) < 4.78 is 13.1. The number of hydrogen-bond donors (Lipinski definition) is 1. The van der Waals surface area contributed by atoms with Crippen molar-refractivity contribution < 1.29 is 4.39 Å². The smallest absolute Gasteiger partial charge is 0.123 e. The molecule has 2 aromatic rings. The van der Waals surface area contributed by atoms with Gasteiger partial charge in [-0.05, 0) is 56.5 Å². The summed E-state index contributed by atoms with van der Waals surface area (Å²) >= 11 is 0. The predicted octanol–water partition coefficient (Wildman–Crippen LogP) is 3.67. The van der Waals surface area contributed by atoms with E-state index in [0.717, 1.165) is 34.6 Å². The molecule has 21 heavy (non-hydrogen) atoms. The first-order valence-electron chi connectivity index (χ1n) is 6.88. The lowest BCUT2D eigenvalue weighted by atomic mass is 10.1. The van der Waals surface area contributed by atoms with E-state index in [0.29, 0.717) is 12.1 Å². The van der Waals surface area contributed by atoms with Crippen LogP contribution in [0, 0.1) is 37.9 Å². The van der Waals surface area contributed by atoms with E-state index in [1.54, 1.807) is 6.07 Å². The van der Waals surface area contributed by atoms with Crippen LogP contribution in [0.3, 0.4) is 0 Å². The molecule has 0 saturated carbocycles. The van der Waals surface area contributed by atoms with Crippen molar-refractivity contribution in [3.8, 4) is 6.07 Å². The summed E-state index contributed by atoms with van der Waals surface area (Å²) in [6, 6.07) is 8.88. The van der Waals surface area contributed by atoms with Gasteiger partial charge >= 0.3 is 0 Å². The van der Waals surface area contributed by atoms with Crippen molar-refractivity contribution in [3.63, 3.8) is 0 Å². The predicted molar refractivity (Wildman–Crippen MR) is 81.8 cm³/mol. The van der Waals surface area contributed by atoms with Crippen molar-refractivity contribution >= 4 is 5.69 Å². The van der Waals surface area contributed by atoms with Gasteiger partial charge in [0.1, 0.15) is 11.9 Å². The van der Waals surface area contributed by atoms with Gasteiger partial charge in [-0.25, -0.2) is 4.39 Å². The fourth-order valence-corrected chi connectivity index (χ4v) is 2.38. The zero-order valence-electron chi connectivity index (χ0n) is 12.5. The summed E-state index contributed by atoms with van der Waals surface area (Å²) in [7, 11) is 0. The molecule has 0 radical (unpaired) electrons. The maximum Gasteiger partial charge on any atom is 0.123 e. The molecule has 0 aliphatic rings. The van der Waals surface area contributed by atoms with Crippen molar-refractivity contribution in [3.05, 3.63) is 58.2 Å². The molecule has 0 atom stereocenters. The summed E-state index contributed by atoms with van der Waals surface area (Å²) in [4.78, 5) is 4.29. The van der Waals surface area contributed by atoms with Gasteiger partial charge in [-0.3, -0.25) is 4.98 Å². The van der Waals surface area contributed by atoms with Crippen LogP contribution in [-0.2, 0) is 6.42 Å². The van der Waals surface area contributed by atoms with E-state index in [2.05, 4.69) is 16.4 Å². The zero-order valence-corrected chi connectivity index (χ0v) is 12.5. The molecule has 1 heterocycles. The lowest BCUT2D eigenvalue weighted by molar-refractivity contribution is 0.625. The average molecular weight is 283 g/mol. The van der Waals surface area contributed by atoms with Crippen molar-refractivity contribution in [2.24, 2.45) is 0 Å². The summed E-state index contributed by atoms with van der Waals surface area (Å²) in [5.74, 6) is -0.212. The number of nitriles is 1. The minimum atomic E-state index is -0.212. The normalized spacial score (nSPS) is 10.2. The number of nitrogens with one attached hydrogen (secondary N) is 1. The van der Waals surface area contributed by atoms with Crippen LogP contribution in [0.2, 0.25) is 0 Å². The van der Waals surface area contributed by atoms with E-state index >= 15 is 0 Å². The number of rotatable bonds is 4. The van der Waals surface area contributed by atoms with Crippen LogP contribution in [0.15, 0.2) is 24.3 Å². The molecular formula is C17H18FN3. The summed E-state index contributed by atoms with van der Waals surface area (Å²) in [5.41, 5.74) is 5.05. The molecule has 0 bridgehead atoms. The highest BCUT2D eigenvalue weighted by Crippen LogP contribution is 2.19. The fourth-order valence-electron chi connectivity index (χ4n) is 2.38. The van der Waals surface area contributed by atoms with Crippen molar-refractivity contribution in [2.45, 2.75) is 27.2 Å². The van der Waals surface area contributed by atoms with E-state index < -0.39 is 0 Å². The minimum absolute atomic E-state index is 0.212. The molecule has 1 aromatic carbocycles. The topological polar surface area (TPSA) is 48.7 Å². The maximum absolute atomic E-state index is 13.1. The van der Waals surface area contributed by atoms with Gasteiger partial charge in [-0.15, -0.1) is 0 Å². The maximum atomic E-state index is 13.1. The molecule has 0 aliphatic heterocycles. The molecule has 2 rings (SSSR count). The van der Waals surface area contributed by atoms with Crippen LogP contribution in [-0.4, -0.2) is 11.5 Å². The number of nitrogens with zero attached hydrogens (tertiary/aromatic N) is 2. The quantitative estimate of drug-likeness (QED) is 0.931. The molecule has 1 N–H and O–H groups in total. The third-order valence-electron chi connectivity index (χ3n) is 3.45. The van der Waals surface area contributed by atoms with Gasteiger partial charge < -0.3 is 5.32 Å². The van der Waals surface area contributed by atoms with Crippen LogP contribution >= 0.6 is 0 Å². The van der Waals surface area contributed by atoms with E-state index in [1.807, 2.05) is 26.8 Å². The second-order valence-electron chi connectivity index (χ2n) is 5.13. The average Bonchev–Trinajstić information content (AvgIpc) is 2.41. The van der Waals surface area contributed by atoms with Crippen LogP contribution < -0.4 is 5.32 Å². The van der Waals surface area contributed by atoms with Crippen molar-refractivity contribution in [2.75, 3.05) is 11.9 Å². The van der Waals surface area contributed by atoms with Crippen LogP contribution in [0.4, 0.5) is 10.1 Å². The summed E-state index contributed by atoms with van der Waals surface area (Å²) in [6.07, 6.45) is 0.775. The largest absolute Gasteiger partial charge is 0.384 e. The standard InChI is InChI=1S/C17H18FN3/c1-11-8-15(18)5-4-14(11)6-7-20-17-9-12(2)21-13(3)16(17)10-19/h4-5,8-9H,6-7H2,1-3H3,(H,20,21). The molecule has 0 amide bonds. The van der Waals surface area contributed by atoms with Gasteiger partial charge in [0.05, 0.1) is 16.9 Å². The number of anilines is 1. The molecule has 108 valence electrons. The molecule has 0 aliphatic carbocycles. The number of halogens is 1. The van der Waals surface area contributed by atoms with Crippen molar-refractivity contribution in [1.29, 1.82) is 5.26 Å². The Morgan fingerprint density at radius 2 is 2.00 bits per heavy atom. The van der Waals surface area contributed by atoms with Gasteiger partial charge in [-0.2, -0.15) is 5.26 Å². The summed E-state index contributed by atoms with van der Waals surface area (Å²) in [6.45, 7) is 6.33. The number of aryl methyl sites for hydroxylation is 3. The molecular weight excluding hydrogens is 265 g/mol. The zero-order chi connectivity index (χ0) is 15.4. The Morgan fingerprint density at radius 1 is 1.24 bits per heavy atom. The lowest BCUT2D eigenvalue weighted by Gasteiger charge is -2.12. The SMILES string of the molecule is Cc1cc(NCCc2ccc(F)cc2C)c(C#N)c(C)n1. The molecule has 0 unspecified atom stereocenters. The van der Waals surface area contributed by atoms with Crippen LogP contribution in [0.1, 0.15) is 28.1 Å². The lowest BCUT2D eigenvalue weighted by Crippen LogP contribution is -2.09. The second kappa shape index (κ2) is 6.36. The van der Waals surface area contributed by atoms with E-state index in [4.69, 9.17) is 0 Å². The second-order valence-corrected chi connectivity index (χ2v) is 5.13. The third kappa shape index (κ3) is 3.57. The number of hydrogen-bond acceptors (Lipinski definition) is 3. The number of pyridine rings is 1. The molecule has 4 heteroatoms. The van der Waals surface area contributed by atoms with Gasteiger partial charge in [-0.1, -0.05) is 6.07 Å². The Labute approximate surface area is 124 Å². The molecule has 1 aromatic heterocycles. The highest BCUT2D eigenvalue weighted by Gasteiger charge is 2.08. The van der Waals surface area contributed by atoms with Crippen LogP contribution in [0.25, 0.3) is 0 Å². The van der Waals surface area contributed by atoms with Gasteiger partial charge in [0, 0.05) is 12.2 Å². The third-order valence-corrected chi connectivity index (χ3v) is 3.45. The fraction of sp³-hybridized carbons (Fsp3) is 0.294. The number of benzene rings is 1. The highest BCUT2D eigenvalue weighted by molar-refractivity contribution is 5.59. The van der Waals surface area contributed by atoms with Gasteiger partial charge in [0.25, 0.3) is 0 Å². The van der Waals surface area contributed by atoms with Crippen LogP contribution in [0.5, 0.6) is 0 Å². The Morgan fingerprint density at radius 3 is 2.67 bits per heavy atom. The Hall–Kier alpha value is -2.41. The molecule has 0 fully saturated rings. The molecule has 0 saturated heterocycles. The molecule has 3 nitrogen and oxygen atoms in total. The monoisotopic (exact) mass is 283 g/mol. The van der Waals surface area contributed by atoms with E-state index in [-0.39, 0.29) is 5.82 Å².